The molecule has 0 aromatic heterocycles. The smallest absolute Gasteiger partial charge is 0.238 e. The molecule has 20 heavy (non-hydrogen) atoms. The van der Waals surface area contributed by atoms with Gasteiger partial charge in [-0.2, -0.15) is 0 Å². The molecule has 4 aliphatic rings. The summed E-state index contributed by atoms with van der Waals surface area (Å²) < 4.78 is 0. The number of benzene rings is 1. The number of imide groups is 1. The first-order valence-corrected chi connectivity index (χ1v) is 7.09. The summed E-state index contributed by atoms with van der Waals surface area (Å²) in [5.41, 5.74) is 6.96. The highest BCUT2D eigenvalue weighted by atomic mass is 16.2. The van der Waals surface area contributed by atoms with E-state index in [1.54, 1.807) is 18.2 Å². The van der Waals surface area contributed by atoms with E-state index in [0.717, 1.165) is 12.8 Å². The minimum Gasteiger partial charge on any atom is -0.397 e. The fraction of sp³-hybridized carbons (Fsp3) is 0.375. The lowest BCUT2D eigenvalue weighted by Gasteiger charge is -2.38. The van der Waals surface area contributed by atoms with E-state index in [1.807, 2.05) is 6.07 Å². The van der Waals surface area contributed by atoms with Crippen LogP contribution in [0.1, 0.15) is 12.8 Å². The largest absolute Gasteiger partial charge is 0.397 e. The van der Waals surface area contributed by atoms with Gasteiger partial charge in [0.1, 0.15) is 0 Å². The van der Waals surface area contributed by atoms with Gasteiger partial charge in [-0.1, -0.05) is 24.3 Å². The van der Waals surface area contributed by atoms with E-state index in [2.05, 4.69) is 12.2 Å². The van der Waals surface area contributed by atoms with Crippen LogP contribution in [0.2, 0.25) is 0 Å². The number of anilines is 2. The molecule has 1 aromatic rings. The summed E-state index contributed by atoms with van der Waals surface area (Å²) in [5, 5.41) is 0. The number of carbonyl (C=O) groups excluding carboxylic acids is 2. The van der Waals surface area contributed by atoms with Crippen molar-refractivity contribution in [2.75, 3.05) is 10.6 Å². The van der Waals surface area contributed by atoms with Crippen LogP contribution < -0.4 is 10.6 Å². The highest BCUT2D eigenvalue weighted by Crippen LogP contribution is 2.50. The molecule has 4 heteroatoms. The van der Waals surface area contributed by atoms with E-state index < -0.39 is 0 Å². The van der Waals surface area contributed by atoms with Crippen molar-refractivity contribution in [2.45, 2.75) is 12.8 Å². The number of nitrogens with zero attached hydrogens (tertiary/aromatic N) is 1. The SMILES string of the molecule is Nc1ccccc1N1C(=O)C2C3C=CC(CC3)C2C1=O. The minimum absolute atomic E-state index is 0.0723. The van der Waals surface area contributed by atoms with Crippen LogP contribution in [-0.2, 0) is 9.59 Å². The second-order valence-corrected chi connectivity index (χ2v) is 5.91. The number of para-hydroxylation sites is 2. The summed E-state index contributed by atoms with van der Waals surface area (Å²) in [5.74, 6) is -0.0571. The van der Waals surface area contributed by atoms with Crippen LogP contribution in [0.3, 0.4) is 0 Å². The standard InChI is InChI=1S/C16H16N2O2/c17-11-3-1-2-4-12(11)18-15(19)13-9-5-6-10(8-7-9)14(13)16(18)20/h1-6,9-10,13-14H,7-8,17H2. The lowest BCUT2D eigenvalue weighted by atomic mass is 9.63. The summed E-state index contributed by atoms with van der Waals surface area (Å²) in [6.45, 7) is 0. The number of amides is 2. The highest BCUT2D eigenvalue weighted by Gasteiger charge is 2.57. The Hall–Kier alpha value is -2.10. The molecule has 1 heterocycles. The van der Waals surface area contributed by atoms with E-state index >= 15 is 0 Å². The summed E-state index contributed by atoms with van der Waals surface area (Å²) in [7, 11) is 0. The van der Waals surface area contributed by atoms with Gasteiger partial charge in [-0.25, -0.2) is 4.90 Å². The molecule has 2 N–H and O–H groups in total. The predicted octanol–water partition coefficient (Wildman–Crippen LogP) is 1.97. The number of carbonyl (C=O) groups is 2. The maximum atomic E-state index is 12.7. The second kappa shape index (κ2) is 3.95. The molecule has 4 atom stereocenters. The Kier molecular flexibility index (Phi) is 2.31. The summed E-state index contributed by atoms with van der Waals surface area (Å²) in [4.78, 5) is 26.7. The summed E-state index contributed by atoms with van der Waals surface area (Å²) >= 11 is 0. The Labute approximate surface area is 117 Å². The molecule has 4 nitrogen and oxygen atoms in total. The van der Waals surface area contributed by atoms with Gasteiger partial charge >= 0.3 is 0 Å². The van der Waals surface area contributed by atoms with Gasteiger partial charge in [0.15, 0.2) is 0 Å². The molecule has 2 bridgehead atoms. The van der Waals surface area contributed by atoms with Crippen LogP contribution in [0.15, 0.2) is 36.4 Å². The quantitative estimate of drug-likeness (QED) is 0.481. The molecular weight excluding hydrogens is 252 g/mol. The van der Waals surface area contributed by atoms with Gasteiger partial charge < -0.3 is 5.73 Å². The Morgan fingerprint density at radius 1 is 0.950 bits per heavy atom. The van der Waals surface area contributed by atoms with Crippen molar-refractivity contribution in [3.05, 3.63) is 36.4 Å². The predicted molar refractivity (Wildman–Crippen MR) is 75.7 cm³/mol. The van der Waals surface area contributed by atoms with E-state index in [4.69, 9.17) is 5.73 Å². The normalized spacial score (nSPS) is 34.7. The molecule has 4 unspecified atom stereocenters. The van der Waals surface area contributed by atoms with E-state index in [1.165, 1.54) is 4.90 Å². The molecule has 0 spiro atoms. The van der Waals surface area contributed by atoms with Crippen molar-refractivity contribution in [3.63, 3.8) is 0 Å². The van der Waals surface area contributed by atoms with Crippen molar-refractivity contribution in [1.82, 2.24) is 0 Å². The minimum atomic E-state index is -0.175. The van der Waals surface area contributed by atoms with Crippen LogP contribution in [-0.4, -0.2) is 11.8 Å². The van der Waals surface area contributed by atoms with Crippen LogP contribution in [0.25, 0.3) is 0 Å². The van der Waals surface area contributed by atoms with Gasteiger partial charge in [0.05, 0.1) is 23.2 Å². The monoisotopic (exact) mass is 268 g/mol. The molecule has 1 saturated heterocycles. The third-order valence-corrected chi connectivity index (χ3v) is 4.94. The van der Waals surface area contributed by atoms with Crippen molar-refractivity contribution in [1.29, 1.82) is 0 Å². The molecule has 1 aromatic carbocycles. The summed E-state index contributed by atoms with van der Waals surface area (Å²) in [6.07, 6.45) is 6.27. The molecule has 102 valence electrons. The van der Waals surface area contributed by atoms with Gasteiger partial charge in [0, 0.05) is 0 Å². The summed E-state index contributed by atoms with van der Waals surface area (Å²) in [6, 6.07) is 7.09. The Balaban J connectivity index is 1.80. The Morgan fingerprint density at radius 2 is 1.50 bits per heavy atom. The van der Waals surface area contributed by atoms with Crippen LogP contribution in [0.4, 0.5) is 11.4 Å². The number of allylic oxidation sites excluding steroid dienone is 2. The molecule has 3 aliphatic carbocycles. The number of fused-ring (bicyclic) bond motifs is 1. The van der Waals surface area contributed by atoms with Gasteiger partial charge in [0.25, 0.3) is 0 Å². The maximum Gasteiger partial charge on any atom is 0.238 e. The van der Waals surface area contributed by atoms with Crippen molar-refractivity contribution >= 4 is 23.2 Å². The third-order valence-electron chi connectivity index (χ3n) is 4.94. The molecule has 2 amide bonds. The zero-order valence-corrected chi connectivity index (χ0v) is 11.0. The van der Waals surface area contributed by atoms with Crippen molar-refractivity contribution in [3.8, 4) is 0 Å². The average Bonchev–Trinajstić information content (AvgIpc) is 2.75. The molecule has 1 aliphatic heterocycles. The van der Waals surface area contributed by atoms with Gasteiger partial charge in [0.2, 0.25) is 11.8 Å². The van der Waals surface area contributed by atoms with E-state index in [-0.39, 0.29) is 35.5 Å². The van der Waals surface area contributed by atoms with Crippen LogP contribution in [0, 0.1) is 23.7 Å². The van der Waals surface area contributed by atoms with Gasteiger partial charge in [-0.3, -0.25) is 9.59 Å². The Bertz CT molecular complexity index is 605. The molecule has 0 radical (unpaired) electrons. The first kappa shape index (κ1) is 11.7. The number of nitrogens with two attached hydrogens (primary N) is 1. The number of hydrogen-bond acceptors (Lipinski definition) is 3. The van der Waals surface area contributed by atoms with Crippen LogP contribution >= 0.6 is 0 Å². The average molecular weight is 268 g/mol. The first-order valence-electron chi connectivity index (χ1n) is 7.09. The highest BCUT2D eigenvalue weighted by molar-refractivity contribution is 6.23. The zero-order chi connectivity index (χ0) is 13.9. The molecular formula is C16H16N2O2. The molecule has 5 rings (SSSR count). The number of hydrogen-bond donors (Lipinski definition) is 1. The molecule has 1 saturated carbocycles. The van der Waals surface area contributed by atoms with Gasteiger partial charge in [-0.05, 0) is 36.8 Å². The number of nitrogen functional groups attached to an aromatic ring is 1. The Morgan fingerprint density at radius 3 is 2.00 bits per heavy atom. The van der Waals surface area contributed by atoms with Crippen LogP contribution in [0.5, 0.6) is 0 Å². The van der Waals surface area contributed by atoms with E-state index in [9.17, 15) is 9.59 Å². The topological polar surface area (TPSA) is 63.4 Å². The zero-order valence-electron chi connectivity index (χ0n) is 11.0. The van der Waals surface area contributed by atoms with Crippen molar-refractivity contribution < 1.29 is 9.59 Å². The fourth-order valence-corrected chi connectivity index (χ4v) is 4.00. The lowest BCUT2D eigenvalue weighted by Crippen LogP contribution is -2.38. The molecule has 2 fully saturated rings. The number of rotatable bonds is 1. The lowest BCUT2D eigenvalue weighted by molar-refractivity contribution is -0.124. The second-order valence-electron chi connectivity index (χ2n) is 5.91. The van der Waals surface area contributed by atoms with Crippen molar-refractivity contribution in [2.24, 2.45) is 23.7 Å². The van der Waals surface area contributed by atoms with Gasteiger partial charge in [-0.15, -0.1) is 0 Å². The third kappa shape index (κ3) is 1.36. The maximum absolute atomic E-state index is 12.7. The van der Waals surface area contributed by atoms with E-state index in [0.29, 0.717) is 11.4 Å². The fourth-order valence-electron chi connectivity index (χ4n) is 4.00. The first-order chi connectivity index (χ1) is 9.68.